The van der Waals surface area contributed by atoms with Crippen LogP contribution in [-0.2, 0) is 6.54 Å². The van der Waals surface area contributed by atoms with Gasteiger partial charge in [-0.25, -0.2) is 0 Å². The van der Waals surface area contributed by atoms with Crippen LogP contribution in [0.25, 0.3) is 0 Å². The van der Waals surface area contributed by atoms with E-state index in [9.17, 15) is 0 Å². The minimum Gasteiger partial charge on any atom is -0.496 e. The molecule has 0 aliphatic rings. The molecule has 0 saturated carbocycles. The molecule has 0 atom stereocenters. The molecular formula is C14H24N2O. The van der Waals surface area contributed by atoms with Crippen LogP contribution in [0.1, 0.15) is 24.0 Å². The molecule has 1 aromatic rings. The molecule has 0 aromatic heterocycles. The molecule has 0 unspecified atom stereocenters. The van der Waals surface area contributed by atoms with Gasteiger partial charge in [-0.3, -0.25) is 0 Å². The molecule has 0 radical (unpaired) electrons. The van der Waals surface area contributed by atoms with Crippen molar-refractivity contribution in [3.8, 4) is 5.75 Å². The number of aryl methyl sites for hydroxylation is 1. The Bertz CT molecular complexity index is 326. The van der Waals surface area contributed by atoms with Crippen molar-refractivity contribution in [2.75, 3.05) is 27.2 Å². The Hall–Kier alpha value is -1.06. The Labute approximate surface area is 105 Å². The number of methoxy groups -OCH3 is 1. The van der Waals surface area contributed by atoms with Gasteiger partial charge in [0.05, 0.1) is 7.11 Å². The van der Waals surface area contributed by atoms with E-state index in [0.717, 1.165) is 25.4 Å². The summed E-state index contributed by atoms with van der Waals surface area (Å²) in [7, 11) is 3.71. The number of unbranched alkanes of at least 4 members (excludes halogenated alkanes) is 1. The van der Waals surface area contributed by atoms with Crippen molar-refractivity contribution < 1.29 is 4.74 Å². The SMILES string of the molecule is CNCCCCNCc1cc(C)ccc1OC. The number of rotatable bonds is 8. The van der Waals surface area contributed by atoms with E-state index in [1.54, 1.807) is 7.11 Å². The Balaban J connectivity index is 2.32. The molecule has 3 nitrogen and oxygen atoms in total. The highest BCUT2D eigenvalue weighted by molar-refractivity contribution is 5.36. The number of ether oxygens (including phenoxy) is 1. The van der Waals surface area contributed by atoms with Crippen LogP contribution >= 0.6 is 0 Å². The van der Waals surface area contributed by atoms with Crippen LogP contribution in [-0.4, -0.2) is 27.2 Å². The summed E-state index contributed by atoms with van der Waals surface area (Å²) >= 11 is 0. The Morgan fingerprint density at radius 2 is 1.94 bits per heavy atom. The number of nitrogens with one attached hydrogen (secondary N) is 2. The molecule has 0 amide bonds. The molecule has 3 heteroatoms. The lowest BCUT2D eigenvalue weighted by Gasteiger charge is -2.10. The van der Waals surface area contributed by atoms with Gasteiger partial charge in [0.25, 0.3) is 0 Å². The van der Waals surface area contributed by atoms with Crippen LogP contribution < -0.4 is 15.4 Å². The molecule has 17 heavy (non-hydrogen) atoms. The van der Waals surface area contributed by atoms with Crippen LogP contribution in [0.3, 0.4) is 0 Å². The highest BCUT2D eigenvalue weighted by Gasteiger charge is 2.02. The first kappa shape index (κ1) is 14.0. The first-order valence-corrected chi connectivity index (χ1v) is 6.26. The molecule has 1 rings (SSSR count). The third kappa shape index (κ3) is 5.20. The van der Waals surface area contributed by atoms with E-state index in [4.69, 9.17) is 4.74 Å². The maximum atomic E-state index is 5.35. The first-order valence-electron chi connectivity index (χ1n) is 6.26. The fourth-order valence-corrected chi connectivity index (χ4v) is 1.82. The Morgan fingerprint density at radius 3 is 2.65 bits per heavy atom. The van der Waals surface area contributed by atoms with E-state index < -0.39 is 0 Å². The first-order chi connectivity index (χ1) is 8.27. The van der Waals surface area contributed by atoms with Crippen LogP contribution in [0.5, 0.6) is 5.75 Å². The summed E-state index contributed by atoms with van der Waals surface area (Å²) in [6, 6.07) is 6.29. The highest BCUT2D eigenvalue weighted by atomic mass is 16.5. The van der Waals surface area contributed by atoms with Gasteiger partial charge in [0, 0.05) is 12.1 Å². The number of benzene rings is 1. The van der Waals surface area contributed by atoms with Gasteiger partial charge in [-0.05, 0) is 46.0 Å². The molecule has 0 aliphatic heterocycles. The lowest BCUT2D eigenvalue weighted by atomic mass is 10.1. The average molecular weight is 236 g/mol. The van der Waals surface area contributed by atoms with Gasteiger partial charge < -0.3 is 15.4 Å². The van der Waals surface area contributed by atoms with Crippen molar-refractivity contribution in [1.29, 1.82) is 0 Å². The molecular weight excluding hydrogens is 212 g/mol. The maximum absolute atomic E-state index is 5.35. The van der Waals surface area contributed by atoms with Crippen LogP contribution in [0.4, 0.5) is 0 Å². The summed E-state index contributed by atoms with van der Waals surface area (Å²) in [5.41, 5.74) is 2.51. The minimum absolute atomic E-state index is 0.879. The number of hydrogen-bond donors (Lipinski definition) is 2. The second-order valence-electron chi connectivity index (χ2n) is 4.30. The summed E-state index contributed by atoms with van der Waals surface area (Å²) in [6.45, 7) is 5.13. The zero-order valence-corrected chi connectivity index (χ0v) is 11.2. The fourth-order valence-electron chi connectivity index (χ4n) is 1.82. The van der Waals surface area contributed by atoms with Crippen LogP contribution in [0.2, 0.25) is 0 Å². The summed E-state index contributed by atoms with van der Waals surface area (Å²) in [4.78, 5) is 0. The quantitative estimate of drug-likeness (QED) is 0.678. The van der Waals surface area contributed by atoms with Gasteiger partial charge in [0.15, 0.2) is 0 Å². The highest BCUT2D eigenvalue weighted by Crippen LogP contribution is 2.19. The fraction of sp³-hybridized carbons (Fsp3) is 0.571. The van der Waals surface area contributed by atoms with Crippen molar-refractivity contribution >= 4 is 0 Å². The van der Waals surface area contributed by atoms with Crippen LogP contribution in [0, 0.1) is 6.92 Å². The molecule has 1 aromatic carbocycles. The smallest absolute Gasteiger partial charge is 0.123 e. The minimum atomic E-state index is 0.879. The molecule has 0 heterocycles. The molecule has 0 saturated heterocycles. The van der Waals surface area contributed by atoms with Crippen LogP contribution in [0.15, 0.2) is 18.2 Å². The monoisotopic (exact) mass is 236 g/mol. The van der Waals surface area contributed by atoms with Gasteiger partial charge in [-0.15, -0.1) is 0 Å². The van der Waals surface area contributed by atoms with Crippen molar-refractivity contribution in [3.63, 3.8) is 0 Å². The normalized spacial score (nSPS) is 10.5. The van der Waals surface area contributed by atoms with Gasteiger partial charge in [0.1, 0.15) is 5.75 Å². The van der Waals surface area contributed by atoms with E-state index >= 15 is 0 Å². The molecule has 0 fully saturated rings. The lowest BCUT2D eigenvalue weighted by Crippen LogP contribution is -2.17. The molecule has 2 N–H and O–H groups in total. The molecule has 0 aliphatic carbocycles. The van der Waals surface area contributed by atoms with E-state index in [2.05, 4.69) is 29.7 Å². The Kier molecular flexibility index (Phi) is 6.67. The van der Waals surface area contributed by atoms with Gasteiger partial charge >= 0.3 is 0 Å². The third-order valence-electron chi connectivity index (χ3n) is 2.78. The third-order valence-corrected chi connectivity index (χ3v) is 2.78. The van der Waals surface area contributed by atoms with Crippen molar-refractivity contribution in [2.45, 2.75) is 26.3 Å². The zero-order chi connectivity index (χ0) is 12.5. The second kappa shape index (κ2) is 8.09. The lowest BCUT2D eigenvalue weighted by molar-refractivity contribution is 0.407. The van der Waals surface area contributed by atoms with Crippen molar-refractivity contribution in [1.82, 2.24) is 10.6 Å². The molecule has 96 valence electrons. The van der Waals surface area contributed by atoms with E-state index in [1.165, 1.54) is 24.0 Å². The summed E-state index contributed by atoms with van der Waals surface area (Å²) in [5, 5.41) is 6.61. The van der Waals surface area contributed by atoms with Crippen molar-refractivity contribution in [2.24, 2.45) is 0 Å². The number of hydrogen-bond acceptors (Lipinski definition) is 3. The largest absolute Gasteiger partial charge is 0.496 e. The van der Waals surface area contributed by atoms with Gasteiger partial charge in [0.2, 0.25) is 0 Å². The second-order valence-corrected chi connectivity index (χ2v) is 4.30. The van der Waals surface area contributed by atoms with Crippen molar-refractivity contribution in [3.05, 3.63) is 29.3 Å². The predicted octanol–water partition coefficient (Wildman–Crippen LogP) is 2.09. The Morgan fingerprint density at radius 1 is 1.18 bits per heavy atom. The average Bonchev–Trinajstić information content (AvgIpc) is 2.34. The van der Waals surface area contributed by atoms with E-state index in [-0.39, 0.29) is 0 Å². The van der Waals surface area contributed by atoms with Gasteiger partial charge in [-0.1, -0.05) is 17.7 Å². The summed E-state index contributed by atoms with van der Waals surface area (Å²) < 4.78 is 5.35. The van der Waals surface area contributed by atoms with Gasteiger partial charge in [-0.2, -0.15) is 0 Å². The van der Waals surface area contributed by atoms with E-state index in [0.29, 0.717) is 0 Å². The molecule has 0 bridgehead atoms. The summed E-state index contributed by atoms with van der Waals surface area (Å²) in [6.07, 6.45) is 2.42. The molecule has 0 spiro atoms. The van der Waals surface area contributed by atoms with E-state index in [1.807, 2.05) is 13.1 Å². The summed E-state index contributed by atoms with van der Waals surface area (Å²) in [5.74, 6) is 0.971. The topological polar surface area (TPSA) is 33.3 Å². The maximum Gasteiger partial charge on any atom is 0.123 e. The standard InChI is InChI=1S/C14H24N2O/c1-12-6-7-14(17-3)13(10-12)11-16-9-5-4-8-15-2/h6-7,10,15-16H,4-5,8-9,11H2,1-3H3. The zero-order valence-electron chi connectivity index (χ0n) is 11.2. The predicted molar refractivity (Wildman–Crippen MR) is 72.6 cm³/mol.